The molecule has 0 fully saturated rings. The maximum absolute atomic E-state index is 13.5. The van der Waals surface area contributed by atoms with Crippen LogP contribution in [0, 0.1) is 12.7 Å². The van der Waals surface area contributed by atoms with Gasteiger partial charge < -0.3 is 10.1 Å². The fraction of sp³-hybridized carbons (Fsp3) is 0.120. The number of hydrogen-bond acceptors (Lipinski definition) is 4. The molecule has 0 atom stereocenters. The minimum Gasteiger partial charge on any atom is -0.496 e. The number of aryl methyl sites for hydroxylation is 1. The van der Waals surface area contributed by atoms with Crippen molar-refractivity contribution >= 4 is 23.1 Å². The first-order valence-electron chi connectivity index (χ1n) is 9.80. The van der Waals surface area contributed by atoms with Crippen molar-refractivity contribution in [1.82, 2.24) is 4.90 Å². The predicted molar refractivity (Wildman–Crippen MR) is 117 cm³/mol. The van der Waals surface area contributed by atoms with Gasteiger partial charge in [0.1, 0.15) is 17.3 Å². The summed E-state index contributed by atoms with van der Waals surface area (Å²) in [7, 11) is 1.54. The van der Waals surface area contributed by atoms with Crippen molar-refractivity contribution in [1.29, 1.82) is 0 Å². The van der Waals surface area contributed by atoms with Crippen molar-refractivity contribution in [2.75, 3.05) is 12.4 Å². The van der Waals surface area contributed by atoms with Gasteiger partial charge in [-0.25, -0.2) is 4.39 Å². The van der Waals surface area contributed by atoms with Crippen LogP contribution in [0.1, 0.15) is 16.7 Å². The fourth-order valence-electron chi connectivity index (χ4n) is 3.57. The Labute approximate surface area is 179 Å². The third-order valence-corrected chi connectivity index (χ3v) is 5.23. The first-order chi connectivity index (χ1) is 15.0. The zero-order chi connectivity index (χ0) is 22.0. The molecule has 1 aliphatic heterocycles. The van der Waals surface area contributed by atoms with Crippen LogP contribution < -0.4 is 10.1 Å². The number of benzene rings is 3. The summed E-state index contributed by atoms with van der Waals surface area (Å²) in [4.78, 5) is 27.9. The number of carbonyl (C=O) groups is 2. The van der Waals surface area contributed by atoms with Gasteiger partial charge in [0.15, 0.2) is 0 Å². The molecular formula is C25H21FN2O3. The normalized spacial score (nSPS) is 13.7. The van der Waals surface area contributed by atoms with E-state index in [0.29, 0.717) is 16.9 Å². The van der Waals surface area contributed by atoms with Crippen molar-refractivity contribution in [3.63, 3.8) is 0 Å². The van der Waals surface area contributed by atoms with E-state index in [1.807, 2.05) is 49.4 Å². The second-order valence-corrected chi connectivity index (χ2v) is 7.21. The van der Waals surface area contributed by atoms with E-state index in [0.717, 1.165) is 11.3 Å². The molecular weight excluding hydrogens is 395 g/mol. The highest BCUT2D eigenvalue weighted by Gasteiger charge is 2.39. The van der Waals surface area contributed by atoms with Gasteiger partial charge in [-0.1, -0.05) is 48.5 Å². The molecule has 3 aromatic rings. The van der Waals surface area contributed by atoms with Crippen LogP contribution in [0.15, 0.2) is 78.5 Å². The lowest BCUT2D eigenvalue weighted by Crippen LogP contribution is -2.32. The van der Waals surface area contributed by atoms with Crippen LogP contribution in [-0.4, -0.2) is 23.8 Å². The van der Waals surface area contributed by atoms with Crippen molar-refractivity contribution in [3.8, 4) is 5.75 Å². The maximum atomic E-state index is 13.5. The Morgan fingerprint density at radius 2 is 1.58 bits per heavy atom. The van der Waals surface area contributed by atoms with Gasteiger partial charge in [-0.3, -0.25) is 14.5 Å². The van der Waals surface area contributed by atoms with Gasteiger partial charge in [0.2, 0.25) is 0 Å². The Morgan fingerprint density at radius 3 is 2.29 bits per heavy atom. The lowest BCUT2D eigenvalue weighted by atomic mass is 10.0. The summed E-state index contributed by atoms with van der Waals surface area (Å²) in [6.07, 6.45) is 0. The average molecular weight is 416 g/mol. The number of anilines is 1. The molecule has 0 aliphatic carbocycles. The lowest BCUT2D eigenvalue weighted by molar-refractivity contribution is -0.137. The third kappa shape index (κ3) is 3.92. The summed E-state index contributed by atoms with van der Waals surface area (Å²) in [5.74, 6) is -0.718. The molecule has 0 radical (unpaired) electrons. The second-order valence-electron chi connectivity index (χ2n) is 7.21. The molecule has 1 heterocycles. The monoisotopic (exact) mass is 416 g/mol. The average Bonchev–Trinajstić information content (AvgIpc) is 3.00. The summed E-state index contributed by atoms with van der Waals surface area (Å²) < 4.78 is 18.9. The Kier molecular flexibility index (Phi) is 5.54. The van der Waals surface area contributed by atoms with Gasteiger partial charge in [-0.15, -0.1) is 0 Å². The van der Waals surface area contributed by atoms with Crippen LogP contribution >= 0.6 is 0 Å². The molecule has 0 bridgehead atoms. The molecule has 3 aromatic carbocycles. The molecule has 1 N–H and O–H groups in total. The molecule has 0 saturated heterocycles. The van der Waals surface area contributed by atoms with Crippen LogP contribution in [-0.2, 0) is 16.1 Å². The number of imide groups is 1. The molecule has 0 unspecified atom stereocenters. The quantitative estimate of drug-likeness (QED) is 0.600. The molecule has 4 rings (SSSR count). The lowest BCUT2D eigenvalue weighted by Gasteiger charge is -2.17. The van der Waals surface area contributed by atoms with Crippen LogP contribution in [0.4, 0.5) is 10.1 Å². The minimum absolute atomic E-state index is 0.0608. The zero-order valence-corrected chi connectivity index (χ0v) is 17.2. The van der Waals surface area contributed by atoms with Gasteiger partial charge in [0, 0.05) is 11.3 Å². The fourth-order valence-corrected chi connectivity index (χ4v) is 3.57. The molecule has 5 nitrogen and oxygen atoms in total. The standard InChI is InChI=1S/C25H21FN2O3/c1-16-7-3-5-9-20(16)27-23-22(17-11-13-19(26)14-12-17)24(29)28(25(23)30)15-18-8-4-6-10-21(18)31-2/h3-14,27H,15H2,1-2H3. The first kappa shape index (κ1) is 20.3. The number of para-hydroxylation sites is 2. The Hall–Kier alpha value is -3.93. The second kappa shape index (κ2) is 8.44. The molecule has 2 amide bonds. The van der Waals surface area contributed by atoms with E-state index >= 15 is 0 Å². The summed E-state index contributed by atoms with van der Waals surface area (Å²) in [5, 5.41) is 3.14. The van der Waals surface area contributed by atoms with Gasteiger partial charge >= 0.3 is 0 Å². The SMILES string of the molecule is COc1ccccc1CN1C(=O)C(Nc2ccccc2C)=C(c2ccc(F)cc2)C1=O. The highest BCUT2D eigenvalue weighted by molar-refractivity contribution is 6.36. The number of hydrogen-bond donors (Lipinski definition) is 1. The third-order valence-electron chi connectivity index (χ3n) is 5.23. The van der Waals surface area contributed by atoms with E-state index in [9.17, 15) is 14.0 Å². The Bertz CT molecular complexity index is 1190. The topological polar surface area (TPSA) is 58.6 Å². The van der Waals surface area contributed by atoms with Crippen LogP contribution in [0.2, 0.25) is 0 Å². The van der Waals surface area contributed by atoms with E-state index in [1.54, 1.807) is 13.2 Å². The number of methoxy groups -OCH3 is 1. The Morgan fingerprint density at radius 1 is 0.903 bits per heavy atom. The van der Waals surface area contributed by atoms with Crippen LogP contribution in [0.25, 0.3) is 5.57 Å². The largest absolute Gasteiger partial charge is 0.496 e. The number of nitrogens with one attached hydrogen (secondary N) is 1. The number of nitrogens with zero attached hydrogens (tertiary/aromatic N) is 1. The van der Waals surface area contributed by atoms with E-state index in [4.69, 9.17) is 4.74 Å². The molecule has 0 aromatic heterocycles. The number of amides is 2. The van der Waals surface area contributed by atoms with E-state index in [-0.39, 0.29) is 17.8 Å². The first-order valence-corrected chi connectivity index (χ1v) is 9.80. The molecule has 6 heteroatoms. The predicted octanol–water partition coefficient (Wildman–Crippen LogP) is 4.53. The molecule has 0 spiro atoms. The summed E-state index contributed by atoms with van der Waals surface area (Å²) >= 11 is 0. The van der Waals surface area contributed by atoms with Crippen molar-refractivity contribution in [2.24, 2.45) is 0 Å². The van der Waals surface area contributed by atoms with Gasteiger partial charge in [-0.2, -0.15) is 0 Å². The zero-order valence-electron chi connectivity index (χ0n) is 17.2. The van der Waals surface area contributed by atoms with Crippen LogP contribution in [0.3, 0.4) is 0 Å². The Balaban J connectivity index is 1.76. The van der Waals surface area contributed by atoms with Crippen molar-refractivity contribution in [2.45, 2.75) is 13.5 Å². The number of rotatable bonds is 6. The van der Waals surface area contributed by atoms with Gasteiger partial charge in [-0.05, 0) is 42.3 Å². The number of ether oxygens (including phenoxy) is 1. The number of halogens is 1. The van der Waals surface area contributed by atoms with Gasteiger partial charge in [0.05, 0.1) is 19.2 Å². The maximum Gasteiger partial charge on any atom is 0.278 e. The highest BCUT2D eigenvalue weighted by Crippen LogP contribution is 2.33. The highest BCUT2D eigenvalue weighted by atomic mass is 19.1. The summed E-state index contributed by atoms with van der Waals surface area (Å²) in [5.41, 5.74) is 3.21. The number of carbonyl (C=O) groups excluding carboxylic acids is 2. The van der Waals surface area contributed by atoms with E-state index in [2.05, 4.69) is 5.32 Å². The van der Waals surface area contributed by atoms with E-state index in [1.165, 1.54) is 29.2 Å². The summed E-state index contributed by atoms with van der Waals surface area (Å²) in [6, 6.07) is 20.3. The summed E-state index contributed by atoms with van der Waals surface area (Å²) in [6.45, 7) is 1.97. The molecule has 0 saturated carbocycles. The molecule has 156 valence electrons. The van der Waals surface area contributed by atoms with Crippen molar-refractivity contribution in [3.05, 3.63) is 101 Å². The van der Waals surface area contributed by atoms with Gasteiger partial charge in [0.25, 0.3) is 11.8 Å². The van der Waals surface area contributed by atoms with Crippen LogP contribution in [0.5, 0.6) is 5.75 Å². The smallest absolute Gasteiger partial charge is 0.278 e. The van der Waals surface area contributed by atoms with Crippen molar-refractivity contribution < 1.29 is 18.7 Å². The molecule has 1 aliphatic rings. The molecule has 31 heavy (non-hydrogen) atoms. The van der Waals surface area contributed by atoms with E-state index < -0.39 is 17.6 Å². The minimum atomic E-state index is -0.446.